The molecule has 2 aromatic rings. The van der Waals surface area contributed by atoms with E-state index in [1.165, 1.54) is 5.41 Å². The molecule has 3 rings (SSSR count). The van der Waals surface area contributed by atoms with Gasteiger partial charge >= 0.3 is 0 Å². The molecule has 100 valence electrons. The highest BCUT2D eigenvalue weighted by molar-refractivity contribution is 7.94. The van der Waals surface area contributed by atoms with Crippen molar-refractivity contribution in [1.29, 1.82) is 0 Å². The Morgan fingerprint density at radius 3 is 2.89 bits per heavy atom. The molecular weight excluding hydrogens is 284 g/mol. The second-order valence-electron chi connectivity index (χ2n) is 4.41. The standard InChI is InChI=1S/C12H12N2O3S2/c1-17-9-2-3-10-11(6-9)14(12(18)13-10)8-4-5-19(15,16)7-8/h2-6,8H,7H2,1H3,(H,13,18). The Bertz CT molecular complexity index is 830. The number of allylic oxidation sites excluding steroid dienone is 1. The van der Waals surface area contributed by atoms with Crippen LogP contribution >= 0.6 is 12.2 Å². The lowest BCUT2D eigenvalue weighted by atomic mass is 10.2. The van der Waals surface area contributed by atoms with Crippen molar-refractivity contribution in [3.05, 3.63) is 34.5 Å². The van der Waals surface area contributed by atoms with Gasteiger partial charge in [0.05, 0.1) is 29.9 Å². The summed E-state index contributed by atoms with van der Waals surface area (Å²) in [7, 11) is -1.53. The summed E-state index contributed by atoms with van der Waals surface area (Å²) >= 11 is 5.28. The Hall–Kier alpha value is -1.60. The number of rotatable bonds is 2. The average Bonchev–Trinajstić information content (AvgIpc) is 2.87. The van der Waals surface area contributed by atoms with E-state index in [1.807, 2.05) is 22.8 Å². The van der Waals surface area contributed by atoms with E-state index in [2.05, 4.69) is 4.98 Å². The lowest BCUT2D eigenvalue weighted by molar-refractivity contribution is 0.415. The van der Waals surface area contributed by atoms with E-state index in [0.717, 1.165) is 11.0 Å². The minimum atomic E-state index is -3.12. The van der Waals surface area contributed by atoms with Gasteiger partial charge in [0.1, 0.15) is 5.75 Å². The van der Waals surface area contributed by atoms with Crippen molar-refractivity contribution in [3.63, 3.8) is 0 Å². The molecule has 1 aliphatic rings. The third kappa shape index (κ3) is 2.08. The summed E-state index contributed by atoms with van der Waals surface area (Å²) in [6.45, 7) is 0. The number of H-pyrrole nitrogens is 1. The van der Waals surface area contributed by atoms with Gasteiger partial charge in [-0.25, -0.2) is 8.42 Å². The number of nitrogens with zero attached hydrogens (tertiary/aromatic N) is 1. The largest absolute Gasteiger partial charge is 0.497 e. The molecule has 1 N–H and O–H groups in total. The lowest BCUT2D eigenvalue weighted by Crippen LogP contribution is -2.11. The van der Waals surface area contributed by atoms with Crippen LogP contribution in [0.2, 0.25) is 0 Å². The molecule has 1 aromatic carbocycles. The highest BCUT2D eigenvalue weighted by Crippen LogP contribution is 2.28. The van der Waals surface area contributed by atoms with Gasteiger partial charge in [-0.05, 0) is 30.4 Å². The molecule has 2 heterocycles. The molecule has 0 saturated carbocycles. The first-order valence-electron chi connectivity index (χ1n) is 5.69. The van der Waals surface area contributed by atoms with E-state index in [-0.39, 0.29) is 11.8 Å². The molecule has 19 heavy (non-hydrogen) atoms. The van der Waals surface area contributed by atoms with E-state index < -0.39 is 9.84 Å². The summed E-state index contributed by atoms with van der Waals surface area (Å²) in [5, 5.41) is 1.25. The molecule has 1 unspecified atom stereocenters. The number of fused-ring (bicyclic) bond motifs is 1. The van der Waals surface area contributed by atoms with Crippen molar-refractivity contribution >= 4 is 33.1 Å². The van der Waals surface area contributed by atoms with Crippen LogP contribution < -0.4 is 4.74 Å². The van der Waals surface area contributed by atoms with Gasteiger partial charge in [0, 0.05) is 11.5 Å². The molecule has 1 aromatic heterocycles. The van der Waals surface area contributed by atoms with Crippen LogP contribution in [0.25, 0.3) is 11.0 Å². The molecule has 7 heteroatoms. The summed E-state index contributed by atoms with van der Waals surface area (Å²) in [6, 6.07) is 5.28. The van der Waals surface area contributed by atoms with Crippen LogP contribution in [-0.4, -0.2) is 30.8 Å². The van der Waals surface area contributed by atoms with Crippen LogP contribution in [-0.2, 0) is 9.84 Å². The molecule has 0 bridgehead atoms. The molecule has 1 atom stereocenters. The number of imidazole rings is 1. The van der Waals surface area contributed by atoms with Crippen LogP contribution in [0, 0.1) is 4.77 Å². The lowest BCUT2D eigenvalue weighted by Gasteiger charge is -2.10. The Morgan fingerprint density at radius 1 is 1.47 bits per heavy atom. The van der Waals surface area contributed by atoms with Crippen LogP contribution in [0.15, 0.2) is 29.7 Å². The van der Waals surface area contributed by atoms with Crippen molar-refractivity contribution in [2.45, 2.75) is 6.04 Å². The maximum atomic E-state index is 11.5. The van der Waals surface area contributed by atoms with Gasteiger partial charge in [-0.1, -0.05) is 0 Å². The summed E-state index contributed by atoms with van der Waals surface area (Å²) < 4.78 is 30.6. The molecule has 0 spiro atoms. The predicted molar refractivity (Wildman–Crippen MR) is 75.6 cm³/mol. The maximum absolute atomic E-state index is 11.5. The number of nitrogens with one attached hydrogen (secondary N) is 1. The number of hydrogen-bond donors (Lipinski definition) is 1. The molecule has 1 aliphatic heterocycles. The molecule has 0 radical (unpaired) electrons. The Labute approximate surface area is 115 Å². The van der Waals surface area contributed by atoms with Crippen molar-refractivity contribution in [3.8, 4) is 5.75 Å². The number of benzene rings is 1. The van der Waals surface area contributed by atoms with E-state index >= 15 is 0 Å². The number of ether oxygens (including phenoxy) is 1. The first kappa shape index (κ1) is 12.4. The van der Waals surface area contributed by atoms with Crippen molar-refractivity contribution in [1.82, 2.24) is 9.55 Å². The Morgan fingerprint density at radius 2 is 2.26 bits per heavy atom. The smallest absolute Gasteiger partial charge is 0.178 e. The highest BCUT2D eigenvalue weighted by atomic mass is 32.2. The number of methoxy groups -OCH3 is 1. The van der Waals surface area contributed by atoms with Gasteiger partial charge in [-0.15, -0.1) is 0 Å². The number of aromatic amines is 1. The normalized spacial score (nSPS) is 21.0. The molecule has 5 nitrogen and oxygen atoms in total. The quantitative estimate of drug-likeness (QED) is 0.863. The Kier molecular flexibility index (Phi) is 2.75. The monoisotopic (exact) mass is 296 g/mol. The predicted octanol–water partition coefficient (Wildman–Crippen LogP) is 2.19. The molecule has 0 amide bonds. The SMILES string of the molecule is COc1ccc2[nH]c(=S)n(C3C=CS(=O)(=O)C3)c2c1. The van der Waals surface area contributed by atoms with Crippen molar-refractivity contribution in [2.24, 2.45) is 0 Å². The zero-order valence-electron chi connectivity index (χ0n) is 10.2. The van der Waals surface area contributed by atoms with Gasteiger partial charge in [-0.3, -0.25) is 0 Å². The summed E-state index contributed by atoms with van der Waals surface area (Å²) in [5.41, 5.74) is 1.71. The minimum absolute atomic E-state index is 0.0471. The van der Waals surface area contributed by atoms with Gasteiger partial charge in [-0.2, -0.15) is 0 Å². The zero-order chi connectivity index (χ0) is 13.6. The van der Waals surface area contributed by atoms with E-state index in [9.17, 15) is 8.42 Å². The van der Waals surface area contributed by atoms with Crippen LogP contribution in [0.3, 0.4) is 0 Å². The van der Waals surface area contributed by atoms with Crippen molar-refractivity contribution < 1.29 is 13.2 Å². The molecule has 0 saturated heterocycles. The van der Waals surface area contributed by atoms with E-state index in [0.29, 0.717) is 10.5 Å². The number of sulfone groups is 1. The average molecular weight is 296 g/mol. The van der Waals surface area contributed by atoms with Crippen LogP contribution in [0.5, 0.6) is 5.75 Å². The third-order valence-electron chi connectivity index (χ3n) is 3.17. The number of aromatic nitrogens is 2. The number of hydrogen-bond acceptors (Lipinski definition) is 4. The fraction of sp³-hybridized carbons (Fsp3) is 0.250. The van der Waals surface area contributed by atoms with Crippen molar-refractivity contribution in [2.75, 3.05) is 12.9 Å². The minimum Gasteiger partial charge on any atom is -0.497 e. The maximum Gasteiger partial charge on any atom is 0.178 e. The first-order valence-corrected chi connectivity index (χ1v) is 7.82. The third-order valence-corrected chi connectivity index (χ3v) is 4.84. The fourth-order valence-corrected chi connectivity index (χ4v) is 3.89. The van der Waals surface area contributed by atoms with E-state index in [4.69, 9.17) is 17.0 Å². The van der Waals surface area contributed by atoms with Crippen LogP contribution in [0.1, 0.15) is 6.04 Å². The Balaban J connectivity index is 2.21. The summed E-state index contributed by atoms with van der Waals surface area (Å²) in [6.07, 6.45) is 1.66. The summed E-state index contributed by atoms with van der Waals surface area (Å²) in [4.78, 5) is 3.08. The fourth-order valence-electron chi connectivity index (χ4n) is 2.28. The van der Waals surface area contributed by atoms with E-state index in [1.54, 1.807) is 13.2 Å². The molecule has 0 aliphatic carbocycles. The second-order valence-corrected chi connectivity index (χ2v) is 6.73. The first-order chi connectivity index (χ1) is 9.00. The van der Waals surface area contributed by atoms with Gasteiger partial charge in [0.2, 0.25) is 0 Å². The van der Waals surface area contributed by atoms with Crippen LogP contribution in [0.4, 0.5) is 0 Å². The highest BCUT2D eigenvalue weighted by Gasteiger charge is 2.25. The van der Waals surface area contributed by atoms with Gasteiger partial charge in [0.15, 0.2) is 14.6 Å². The topological polar surface area (TPSA) is 64.1 Å². The van der Waals surface area contributed by atoms with Gasteiger partial charge < -0.3 is 14.3 Å². The second kappa shape index (κ2) is 4.21. The molecular formula is C12H12N2O3S2. The van der Waals surface area contributed by atoms with Gasteiger partial charge in [0.25, 0.3) is 0 Å². The molecule has 0 fully saturated rings. The summed E-state index contributed by atoms with van der Waals surface area (Å²) in [5.74, 6) is 0.756. The zero-order valence-corrected chi connectivity index (χ0v) is 11.8.